The molecule has 0 saturated carbocycles. The Morgan fingerprint density at radius 1 is 0.833 bits per heavy atom. The standard InChI is InChI=1S/C21H18N2O/c1-17(18-9-4-2-5-10-18)15-21(19-11-6-3-7-12-19)23-22-16-20-13-8-14-24-20/h2-16H,1H3. The Morgan fingerprint density at radius 2 is 1.50 bits per heavy atom. The molecule has 3 heteroatoms. The van der Waals surface area contributed by atoms with Crippen LogP contribution in [0.15, 0.2) is 99.8 Å². The van der Waals surface area contributed by atoms with E-state index in [2.05, 4.69) is 29.3 Å². The molecule has 0 bridgehead atoms. The fraction of sp³-hybridized carbons (Fsp3) is 0.0476. The van der Waals surface area contributed by atoms with Crippen LogP contribution < -0.4 is 0 Å². The van der Waals surface area contributed by atoms with E-state index in [-0.39, 0.29) is 0 Å². The summed E-state index contributed by atoms with van der Waals surface area (Å²) in [4.78, 5) is 0. The molecular formula is C21H18N2O. The molecule has 0 saturated heterocycles. The van der Waals surface area contributed by atoms with Crippen molar-refractivity contribution in [2.24, 2.45) is 10.2 Å². The third kappa shape index (κ3) is 4.17. The van der Waals surface area contributed by atoms with E-state index in [1.807, 2.05) is 66.7 Å². The van der Waals surface area contributed by atoms with Gasteiger partial charge >= 0.3 is 0 Å². The first-order chi connectivity index (χ1) is 11.8. The molecule has 0 unspecified atom stereocenters. The van der Waals surface area contributed by atoms with E-state index in [1.54, 1.807) is 12.5 Å². The third-order valence-corrected chi connectivity index (χ3v) is 3.55. The summed E-state index contributed by atoms with van der Waals surface area (Å²) in [6.07, 6.45) is 5.27. The molecule has 0 fully saturated rings. The molecule has 0 spiro atoms. The first-order valence-corrected chi connectivity index (χ1v) is 7.76. The van der Waals surface area contributed by atoms with Crippen LogP contribution in [-0.2, 0) is 0 Å². The van der Waals surface area contributed by atoms with Crippen LogP contribution in [-0.4, -0.2) is 11.9 Å². The molecule has 3 rings (SSSR count). The van der Waals surface area contributed by atoms with E-state index in [0.29, 0.717) is 5.76 Å². The van der Waals surface area contributed by atoms with Crippen LogP contribution >= 0.6 is 0 Å². The SMILES string of the molecule is CC(=CC(=NN=Cc1ccco1)c1ccccc1)c1ccccc1. The summed E-state index contributed by atoms with van der Waals surface area (Å²) in [7, 11) is 0. The number of furan rings is 1. The molecule has 3 aromatic rings. The highest BCUT2D eigenvalue weighted by Gasteiger charge is 2.02. The summed E-state index contributed by atoms with van der Waals surface area (Å²) >= 11 is 0. The maximum absolute atomic E-state index is 5.24. The van der Waals surface area contributed by atoms with Crippen molar-refractivity contribution in [2.45, 2.75) is 6.92 Å². The minimum Gasteiger partial charge on any atom is -0.463 e. The molecule has 0 radical (unpaired) electrons. The van der Waals surface area contributed by atoms with Crippen molar-refractivity contribution in [1.29, 1.82) is 0 Å². The molecular weight excluding hydrogens is 296 g/mol. The quantitative estimate of drug-likeness (QED) is 0.471. The van der Waals surface area contributed by atoms with Gasteiger partial charge in [-0.3, -0.25) is 0 Å². The van der Waals surface area contributed by atoms with Crippen molar-refractivity contribution in [3.05, 3.63) is 102 Å². The highest BCUT2D eigenvalue weighted by molar-refractivity contribution is 6.12. The molecule has 0 aliphatic heterocycles. The lowest BCUT2D eigenvalue weighted by Crippen LogP contribution is -1.97. The van der Waals surface area contributed by atoms with Gasteiger partial charge in [-0.1, -0.05) is 60.7 Å². The second-order valence-corrected chi connectivity index (χ2v) is 5.30. The number of hydrogen-bond acceptors (Lipinski definition) is 3. The summed E-state index contributed by atoms with van der Waals surface area (Å²) < 4.78 is 5.24. The van der Waals surface area contributed by atoms with Crippen LogP contribution in [0.4, 0.5) is 0 Å². The number of nitrogens with zero attached hydrogens (tertiary/aromatic N) is 2. The largest absolute Gasteiger partial charge is 0.463 e. The van der Waals surface area contributed by atoms with Crippen molar-refractivity contribution >= 4 is 17.5 Å². The Kier molecular flexibility index (Phi) is 5.15. The van der Waals surface area contributed by atoms with E-state index in [4.69, 9.17) is 4.42 Å². The van der Waals surface area contributed by atoms with Gasteiger partial charge in [0, 0.05) is 5.56 Å². The highest BCUT2D eigenvalue weighted by Crippen LogP contribution is 2.15. The Hall–Kier alpha value is -3.20. The second-order valence-electron chi connectivity index (χ2n) is 5.30. The number of allylic oxidation sites excluding steroid dienone is 2. The lowest BCUT2D eigenvalue weighted by atomic mass is 10.0. The average Bonchev–Trinajstić information content (AvgIpc) is 3.16. The average molecular weight is 314 g/mol. The molecule has 118 valence electrons. The van der Waals surface area contributed by atoms with E-state index >= 15 is 0 Å². The van der Waals surface area contributed by atoms with E-state index in [0.717, 1.165) is 22.4 Å². The molecule has 0 aliphatic rings. The Balaban J connectivity index is 1.93. The van der Waals surface area contributed by atoms with Gasteiger partial charge in [-0.25, -0.2) is 0 Å². The third-order valence-electron chi connectivity index (χ3n) is 3.55. The van der Waals surface area contributed by atoms with Gasteiger partial charge in [-0.05, 0) is 36.3 Å². The van der Waals surface area contributed by atoms with Crippen molar-refractivity contribution < 1.29 is 4.42 Å². The van der Waals surface area contributed by atoms with Gasteiger partial charge in [0.25, 0.3) is 0 Å². The van der Waals surface area contributed by atoms with Crippen molar-refractivity contribution in [1.82, 2.24) is 0 Å². The molecule has 0 aliphatic carbocycles. The summed E-state index contributed by atoms with van der Waals surface area (Å²) in [6.45, 7) is 2.07. The molecule has 0 atom stereocenters. The second kappa shape index (κ2) is 7.88. The summed E-state index contributed by atoms with van der Waals surface area (Å²) in [5.41, 5.74) is 4.12. The molecule has 3 nitrogen and oxygen atoms in total. The zero-order chi connectivity index (χ0) is 16.6. The molecule has 24 heavy (non-hydrogen) atoms. The molecule has 1 aromatic heterocycles. The van der Waals surface area contributed by atoms with Crippen LogP contribution in [0.2, 0.25) is 0 Å². The first kappa shape index (κ1) is 15.7. The fourth-order valence-corrected chi connectivity index (χ4v) is 2.28. The number of benzene rings is 2. The highest BCUT2D eigenvalue weighted by atomic mass is 16.3. The van der Waals surface area contributed by atoms with Crippen LogP contribution in [0.25, 0.3) is 5.57 Å². The molecule has 0 amide bonds. The van der Waals surface area contributed by atoms with Crippen LogP contribution in [0.3, 0.4) is 0 Å². The number of hydrogen-bond donors (Lipinski definition) is 0. The Labute approximate surface area is 141 Å². The van der Waals surface area contributed by atoms with Gasteiger partial charge in [-0.15, -0.1) is 0 Å². The topological polar surface area (TPSA) is 37.9 Å². The van der Waals surface area contributed by atoms with E-state index in [9.17, 15) is 0 Å². The van der Waals surface area contributed by atoms with Crippen LogP contribution in [0.5, 0.6) is 0 Å². The predicted molar refractivity (Wildman–Crippen MR) is 99.4 cm³/mol. The lowest BCUT2D eigenvalue weighted by molar-refractivity contribution is 0.560. The van der Waals surface area contributed by atoms with Gasteiger partial charge in [0.15, 0.2) is 0 Å². The Morgan fingerprint density at radius 3 is 2.12 bits per heavy atom. The summed E-state index contributed by atoms with van der Waals surface area (Å²) in [5.74, 6) is 0.676. The van der Waals surface area contributed by atoms with Crippen molar-refractivity contribution in [3.8, 4) is 0 Å². The summed E-state index contributed by atoms with van der Waals surface area (Å²) in [6, 6.07) is 23.9. The smallest absolute Gasteiger partial charge is 0.146 e. The van der Waals surface area contributed by atoms with Crippen molar-refractivity contribution in [3.63, 3.8) is 0 Å². The summed E-state index contributed by atoms with van der Waals surface area (Å²) in [5, 5.41) is 8.55. The van der Waals surface area contributed by atoms with Gasteiger partial charge in [0.05, 0.1) is 18.2 Å². The maximum atomic E-state index is 5.24. The van der Waals surface area contributed by atoms with Gasteiger partial charge in [0.1, 0.15) is 5.76 Å². The van der Waals surface area contributed by atoms with Crippen LogP contribution in [0.1, 0.15) is 23.8 Å². The first-order valence-electron chi connectivity index (χ1n) is 7.76. The lowest BCUT2D eigenvalue weighted by Gasteiger charge is -2.04. The van der Waals surface area contributed by atoms with Gasteiger partial charge < -0.3 is 4.42 Å². The van der Waals surface area contributed by atoms with Crippen LogP contribution in [0, 0.1) is 0 Å². The monoisotopic (exact) mass is 314 g/mol. The Bertz CT molecular complexity index is 845. The van der Waals surface area contributed by atoms with E-state index in [1.165, 1.54) is 0 Å². The maximum Gasteiger partial charge on any atom is 0.146 e. The van der Waals surface area contributed by atoms with Crippen molar-refractivity contribution in [2.75, 3.05) is 0 Å². The minimum absolute atomic E-state index is 0.676. The van der Waals surface area contributed by atoms with Gasteiger partial charge in [-0.2, -0.15) is 10.2 Å². The molecule has 1 heterocycles. The zero-order valence-corrected chi connectivity index (χ0v) is 13.5. The molecule has 0 N–H and O–H groups in total. The number of rotatable bonds is 5. The fourth-order valence-electron chi connectivity index (χ4n) is 2.28. The minimum atomic E-state index is 0.676. The normalized spacial score (nSPS) is 12.7. The molecule has 2 aromatic carbocycles. The zero-order valence-electron chi connectivity index (χ0n) is 13.5. The van der Waals surface area contributed by atoms with Gasteiger partial charge in [0.2, 0.25) is 0 Å². The predicted octanol–water partition coefficient (Wildman–Crippen LogP) is 5.21. The van der Waals surface area contributed by atoms with E-state index < -0.39 is 0 Å².